The molecule has 2 aromatic carbocycles. The molecule has 0 saturated carbocycles. The lowest BCUT2D eigenvalue weighted by molar-refractivity contribution is 0.0937. The number of thioether (sulfide) groups is 1. The Hall–Kier alpha value is -2.80. The Kier molecular flexibility index (Phi) is 6.36. The van der Waals surface area contributed by atoms with Gasteiger partial charge in [-0.1, -0.05) is 23.4 Å². The molecule has 0 bridgehead atoms. The second kappa shape index (κ2) is 8.93. The highest BCUT2D eigenvalue weighted by Crippen LogP contribution is 2.27. The molecule has 3 aromatic rings. The normalized spacial score (nSPS) is 11.9. The monoisotopic (exact) mass is 400 g/mol. The minimum atomic E-state index is -0.459. The zero-order chi connectivity index (χ0) is 20.1. The Morgan fingerprint density at radius 3 is 2.75 bits per heavy atom. The number of nitrogens with zero attached hydrogens (tertiary/aromatic N) is 1. The van der Waals surface area contributed by atoms with Crippen LogP contribution in [0.5, 0.6) is 5.75 Å². The molecular weight excluding hydrogens is 379 g/mol. The van der Waals surface area contributed by atoms with E-state index in [2.05, 4.69) is 10.5 Å². The van der Waals surface area contributed by atoms with Crippen LogP contribution in [0, 0.1) is 12.7 Å². The molecule has 0 fully saturated rings. The van der Waals surface area contributed by atoms with Crippen LogP contribution in [0.3, 0.4) is 0 Å². The van der Waals surface area contributed by atoms with Crippen LogP contribution in [-0.4, -0.2) is 18.2 Å². The van der Waals surface area contributed by atoms with Crippen molar-refractivity contribution in [2.24, 2.45) is 0 Å². The minimum Gasteiger partial charge on any atom is -0.494 e. The molecule has 0 saturated heterocycles. The molecule has 0 spiro atoms. The molecule has 1 N–H and O–H groups in total. The van der Waals surface area contributed by atoms with Crippen LogP contribution in [0.15, 0.2) is 57.9 Å². The predicted molar refractivity (Wildman–Crippen MR) is 106 cm³/mol. The molecule has 0 radical (unpaired) electrons. The molecule has 1 atom stereocenters. The third-order valence-electron chi connectivity index (χ3n) is 4.20. The van der Waals surface area contributed by atoms with E-state index in [0.717, 1.165) is 16.3 Å². The molecule has 5 nitrogen and oxygen atoms in total. The van der Waals surface area contributed by atoms with Crippen molar-refractivity contribution in [3.05, 3.63) is 76.9 Å². The number of amides is 1. The lowest BCUT2D eigenvalue weighted by Crippen LogP contribution is -2.27. The second-order valence-corrected chi connectivity index (χ2v) is 7.33. The van der Waals surface area contributed by atoms with Crippen LogP contribution in [0.4, 0.5) is 4.39 Å². The summed E-state index contributed by atoms with van der Waals surface area (Å²) in [4.78, 5) is 13.6. The largest absolute Gasteiger partial charge is 0.494 e. The molecule has 1 amide bonds. The van der Waals surface area contributed by atoms with E-state index in [1.807, 2.05) is 38.1 Å². The first-order chi connectivity index (χ1) is 13.5. The fourth-order valence-electron chi connectivity index (χ4n) is 2.72. The summed E-state index contributed by atoms with van der Waals surface area (Å²) in [6.07, 6.45) is 0. The summed E-state index contributed by atoms with van der Waals surface area (Å²) in [7, 11) is 1.41. The van der Waals surface area contributed by atoms with Gasteiger partial charge in [0.25, 0.3) is 5.91 Å². The number of carbonyl (C=O) groups is 1. The van der Waals surface area contributed by atoms with Gasteiger partial charge in [0.15, 0.2) is 11.6 Å². The predicted octanol–water partition coefficient (Wildman–Crippen LogP) is 4.91. The second-order valence-electron chi connectivity index (χ2n) is 6.31. The van der Waals surface area contributed by atoms with Crippen molar-refractivity contribution in [3.8, 4) is 5.75 Å². The van der Waals surface area contributed by atoms with Crippen LogP contribution in [0.25, 0.3) is 0 Å². The van der Waals surface area contributed by atoms with E-state index in [9.17, 15) is 9.18 Å². The Bertz CT molecular complexity index is 974. The van der Waals surface area contributed by atoms with E-state index < -0.39 is 5.82 Å². The highest BCUT2D eigenvalue weighted by atomic mass is 32.2. The molecule has 146 valence electrons. The smallest absolute Gasteiger partial charge is 0.252 e. The molecular formula is C21H21FN2O3S. The summed E-state index contributed by atoms with van der Waals surface area (Å²) >= 11 is 1.50. The average Bonchev–Trinajstić information content (AvgIpc) is 3.11. The number of rotatable bonds is 7. The molecule has 0 aliphatic carbocycles. The van der Waals surface area contributed by atoms with E-state index in [1.165, 1.54) is 24.9 Å². The number of halogens is 1. The SMILES string of the molecule is COc1ccc([C@H](C)NC(=O)c2ccccc2SCc2cc(C)no2)cc1F. The van der Waals surface area contributed by atoms with Gasteiger partial charge in [-0.05, 0) is 43.7 Å². The molecule has 28 heavy (non-hydrogen) atoms. The van der Waals surface area contributed by atoms with Crippen molar-refractivity contribution in [1.82, 2.24) is 10.5 Å². The number of nitrogens with one attached hydrogen (secondary N) is 1. The zero-order valence-corrected chi connectivity index (χ0v) is 16.7. The van der Waals surface area contributed by atoms with Crippen LogP contribution < -0.4 is 10.1 Å². The fourth-order valence-corrected chi connectivity index (χ4v) is 3.65. The van der Waals surface area contributed by atoms with E-state index in [0.29, 0.717) is 16.9 Å². The molecule has 0 unspecified atom stereocenters. The maximum Gasteiger partial charge on any atom is 0.252 e. The topological polar surface area (TPSA) is 64.4 Å². The van der Waals surface area contributed by atoms with Gasteiger partial charge in [0.2, 0.25) is 0 Å². The standard InChI is InChI=1S/C21H21FN2O3S/c1-13-10-16(27-24-13)12-28-20-7-5-4-6-17(20)21(25)23-14(2)15-8-9-19(26-3)18(22)11-15/h4-11,14H,12H2,1-3H3,(H,23,25)/t14-/m0/s1. The van der Waals surface area contributed by atoms with Crippen LogP contribution in [0.2, 0.25) is 0 Å². The fraction of sp³-hybridized carbons (Fsp3) is 0.238. The third kappa shape index (κ3) is 4.72. The van der Waals surface area contributed by atoms with Crippen molar-refractivity contribution in [1.29, 1.82) is 0 Å². The lowest BCUT2D eigenvalue weighted by atomic mass is 10.1. The number of hydrogen-bond donors (Lipinski definition) is 1. The van der Waals surface area contributed by atoms with Gasteiger partial charge in [0, 0.05) is 11.0 Å². The lowest BCUT2D eigenvalue weighted by Gasteiger charge is -2.16. The van der Waals surface area contributed by atoms with Gasteiger partial charge in [-0.2, -0.15) is 0 Å². The number of ether oxygens (including phenoxy) is 1. The average molecular weight is 400 g/mol. The summed E-state index contributed by atoms with van der Waals surface area (Å²) in [6.45, 7) is 3.68. The van der Waals surface area contributed by atoms with Crippen LogP contribution in [0.1, 0.15) is 40.3 Å². The summed E-state index contributed by atoms with van der Waals surface area (Å²) < 4.78 is 24.1. The van der Waals surface area contributed by atoms with Gasteiger partial charge >= 0.3 is 0 Å². The van der Waals surface area contributed by atoms with Gasteiger partial charge in [-0.25, -0.2) is 4.39 Å². The zero-order valence-electron chi connectivity index (χ0n) is 15.9. The highest BCUT2D eigenvalue weighted by Gasteiger charge is 2.16. The van der Waals surface area contributed by atoms with Gasteiger partial charge in [-0.3, -0.25) is 4.79 Å². The first kappa shape index (κ1) is 19.9. The Morgan fingerprint density at radius 1 is 1.29 bits per heavy atom. The number of hydrogen-bond acceptors (Lipinski definition) is 5. The van der Waals surface area contributed by atoms with Gasteiger partial charge in [0.05, 0.1) is 30.2 Å². The van der Waals surface area contributed by atoms with E-state index >= 15 is 0 Å². The molecule has 1 aromatic heterocycles. The van der Waals surface area contributed by atoms with E-state index in [4.69, 9.17) is 9.26 Å². The Labute approximate surface area is 167 Å². The number of benzene rings is 2. The highest BCUT2D eigenvalue weighted by molar-refractivity contribution is 7.98. The molecule has 7 heteroatoms. The van der Waals surface area contributed by atoms with Crippen molar-refractivity contribution < 1.29 is 18.4 Å². The maximum atomic E-state index is 13.9. The van der Waals surface area contributed by atoms with Crippen LogP contribution >= 0.6 is 11.8 Å². The number of aryl methyl sites for hydroxylation is 1. The first-order valence-electron chi connectivity index (χ1n) is 8.76. The Morgan fingerprint density at radius 2 is 2.07 bits per heavy atom. The Balaban J connectivity index is 1.70. The maximum absolute atomic E-state index is 13.9. The molecule has 3 rings (SSSR count). The van der Waals surface area contributed by atoms with E-state index in [-0.39, 0.29) is 17.7 Å². The first-order valence-corrected chi connectivity index (χ1v) is 9.75. The van der Waals surface area contributed by atoms with Crippen molar-refractivity contribution in [2.75, 3.05) is 7.11 Å². The summed E-state index contributed by atoms with van der Waals surface area (Å²) in [5, 5.41) is 6.80. The van der Waals surface area contributed by atoms with Gasteiger partial charge in [0.1, 0.15) is 5.76 Å². The summed E-state index contributed by atoms with van der Waals surface area (Å²) in [5.74, 6) is 0.816. The number of aromatic nitrogens is 1. The summed E-state index contributed by atoms with van der Waals surface area (Å²) in [5.41, 5.74) is 2.04. The van der Waals surface area contributed by atoms with Gasteiger partial charge < -0.3 is 14.6 Å². The molecule has 0 aliphatic heterocycles. The third-order valence-corrected chi connectivity index (χ3v) is 5.30. The van der Waals surface area contributed by atoms with Crippen LogP contribution in [-0.2, 0) is 5.75 Å². The number of methoxy groups -OCH3 is 1. The van der Waals surface area contributed by atoms with Crippen molar-refractivity contribution in [2.45, 2.75) is 30.5 Å². The van der Waals surface area contributed by atoms with Crippen molar-refractivity contribution >= 4 is 17.7 Å². The minimum absolute atomic E-state index is 0.173. The molecule has 0 aliphatic rings. The van der Waals surface area contributed by atoms with Crippen molar-refractivity contribution in [3.63, 3.8) is 0 Å². The summed E-state index contributed by atoms with van der Waals surface area (Å²) in [6, 6.07) is 13.5. The number of carbonyl (C=O) groups excluding carboxylic acids is 1. The molecule has 1 heterocycles. The van der Waals surface area contributed by atoms with E-state index in [1.54, 1.807) is 18.2 Å². The van der Waals surface area contributed by atoms with Gasteiger partial charge in [-0.15, -0.1) is 11.8 Å². The quantitative estimate of drug-likeness (QED) is 0.571.